The van der Waals surface area contributed by atoms with Gasteiger partial charge in [-0.15, -0.1) is 0 Å². The molecule has 0 aromatic rings. The van der Waals surface area contributed by atoms with Gasteiger partial charge in [0.05, 0.1) is 5.75 Å². The molecule has 0 rings (SSSR count). The van der Waals surface area contributed by atoms with Crippen LogP contribution in [-0.4, -0.2) is 14.5 Å². The van der Waals surface area contributed by atoms with E-state index >= 15 is 0 Å². The molecular weight excluding hydrogens is 150 g/mol. The maximum absolute atomic E-state index is 11.2. The zero-order valence-electron chi connectivity index (χ0n) is 4.51. The maximum atomic E-state index is 11.2. The lowest BCUT2D eigenvalue weighted by molar-refractivity contribution is 0.418. The molecule has 0 spiro atoms. The lowest BCUT2D eigenvalue weighted by atomic mass is 10.5. The van der Waals surface area contributed by atoms with Crippen molar-refractivity contribution in [1.82, 2.24) is 0 Å². The number of halogens is 2. The van der Waals surface area contributed by atoms with Gasteiger partial charge in [0, 0.05) is 0 Å². The Morgan fingerprint density at radius 1 is 1.67 bits per heavy atom. The molecule has 1 N–H and O–H groups in total. The molecule has 0 saturated heterocycles. The van der Waals surface area contributed by atoms with Crippen molar-refractivity contribution >= 4 is 11.1 Å². The van der Waals surface area contributed by atoms with Crippen molar-refractivity contribution in [1.29, 1.82) is 0 Å². The van der Waals surface area contributed by atoms with E-state index in [4.69, 9.17) is 4.55 Å². The van der Waals surface area contributed by atoms with Crippen molar-refractivity contribution in [3.8, 4) is 0 Å². The summed E-state index contributed by atoms with van der Waals surface area (Å²) in [4.78, 5) is 0. The highest BCUT2D eigenvalue weighted by molar-refractivity contribution is 7.79. The van der Waals surface area contributed by atoms with Crippen LogP contribution >= 0.6 is 0 Å². The molecule has 0 aliphatic rings. The van der Waals surface area contributed by atoms with Crippen LogP contribution in [0.25, 0.3) is 0 Å². The lowest BCUT2D eigenvalue weighted by Gasteiger charge is -1.85. The number of rotatable bonds is 3. The van der Waals surface area contributed by atoms with E-state index in [0.717, 1.165) is 0 Å². The summed E-state index contributed by atoms with van der Waals surface area (Å²) in [6.07, 6.45) is -1.24. The molecule has 0 aromatic heterocycles. The molecule has 0 aliphatic heterocycles. The Morgan fingerprint density at radius 2 is 2.22 bits per heavy atom. The van der Waals surface area contributed by atoms with Crippen LogP contribution in [0.2, 0.25) is 0 Å². The predicted octanol–water partition coefficient (Wildman–Crippen LogP) is 1.38. The Hall–Kier alpha value is -0.290. The first-order chi connectivity index (χ1) is 4.13. The van der Waals surface area contributed by atoms with E-state index in [1.54, 1.807) is 0 Å². The second kappa shape index (κ2) is 4.58. The van der Waals surface area contributed by atoms with E-state index in [1.807, 2.05) is 0 Å². The topological polar surface area (TPSA) is 37.3 Å². The Labute approximate surface area is 53.9 Å². The van der Waals surface area contributed by atoms with Crippen LogP contribution in [0.4, 0.5) is 8.78 Å². The van der Waals surface area contributed by atoms with Gasteiger partial charge < -0.3 is 4.55 Å². The van der Waals surface area contributed by atoms with Crippen molar-refractivity contribution < 1.29 is 17.5 Å². The monoisotopic (exact) mass is 156 g/mol. The van der Waals surface area contributed by atoms with Gasteiger partial charge in [-0.05, 0) is 12.5 Å². The van der Waals surface area contributed by atoms with Crippen molar-refractivity contribution in [3.05, 3.63) is 12.2 Å². The van der Waals surface area contributed by atoms with Gasteiger partial charge in [0.25, 0.3) is 6.08 Å². The molecule has 0 fully saturated rings. The van der Waals surface area contributed by atoms with E-state index < -0.39 is 17.2 Å². The minimum Gasteiger partial charge on any atom is -0.306 e. The van der Waals surface area contributed by atoms with Gasteiger partial charge in [0.1, 0.15) is 0 Å². The van der Waals surface area contributed by atoms with Gasteiger partial charge in [-0.2, -0.15) is 8.78 Å². The van der Waals surface area contributed by atoms with E-state index in [0.29, 0.717) is 6.08 Å². The highest BCUT2D eigenvalue weighted by Crippen LogP contribution is 1.98. The lowest BCUT2D eigenvalue weighted by Crippen LogP contribution is -1.91. The van der Waals surface area contributed by atoms with Crippen molar-refractivity contribution in [2.75, 3.05) is 5.75 Å². The summed E-state index contributed by atoms with van der Waals surface area (Å²) in [6.45, 7) is 0. The van der Waals surface area contributed by atoms with Crippen molar-refractivity contribution in [2.24, 2.45) is 0 Å². The predicted molar refractivity (Wildman–Crippen MR) is 30.6 cm³/mol. The van der Waals surface area contributed by atoms with Gasteiger partial charge in [-0.3, -0.25) is 0 Å². The van der Waals surface area contributed by atoms with Crippen LogP contribution in [0.5, 0.6) is 0 Å². The average molecular weight is 156 g/mol. The van der Waals surface area contributed by atoms with Crippen LogP contribution in [0.15, 0.2) is 12.2 Å². The summed E-state index contributed by atoms with van der Waals surface area (Å²) in [5.74, 6) is -0.128. The minimum absolute atomic E-state index is 0.0502. The molecule has 0 bridgehead atoms. The SMILES string of the molecule is O=S(O)CCC=C(F)F. The molecule has 2 nitrogen and oxygen atoms in total. The van der Waals surface area contributed by atoms with Gasteiger partial charge in [-0.1, -0.05) is 0 Å². The van der Waals surface area contributed by atoms with E-state index in [2.05, 4.69) is 0 Å². The molecule has 1 atom stereocenters. The summed E-state index contributed by atoms with van der Waals surface area (Å²) < 4.78 is 40.2. The Bertz CT molecular complexity index is 131. The molecule has 5 heteroatoms. The first-order valence-corrected chi connectivity index (χ1v) is 3.49. The molecule has 0 aromatic carbocycles. The molecular formula is C4H6F2O2S. The smallest absolute Gasteiger partial charge is 0.266 e. The fourth-order valence-electron chi connectivity index (χ4n) is 0.269. The van der Waals surface area contributed by atoms with Gasteiger partial charge >= 0.3 is 0 Å². The van der Waals surface area contributed by atoms with Gasteiger partial charge in [0.15, 0.2) is 11.1 Å². The molecule has 54 valence electrons. The Morgan fingerprint density at radius 3 is 2.56 bits per heavy atom. The highest BCUT2D eigenvalue weighted by atomic mass is 32.2. The molecule has 9 heavy (non-hydrogen) atoms. The fourth-order valence-corrected chi connectivity index (χ4v) is 0.588. The fraction of sp³-hybridized carbons (Fsp3) is 0.500. The summed E-state index contributed by atoms with van der Waals surface area (Å²) in [5, 5.41) is 0. The normalized spacial score (nSPS) is 12.8. The van der Waals surface area contributed by atoms with Gasteiger partial charge in [-0.25, -0.2) is 4.21 Å². The third-order valence-electron chi connectivity index (χ3n) is 0.591. The van der Waals surface area contributed by atoms with E-state index in [-0.39, 0.29) is 12.2 Å². The molecule has 1 unspecified atom stereocenters. The molecule has 0 radical (unpaired) electrons. The maximum Gasteiger partial charge on any atom is 0.266 e. The summed E-state index contributed by atoms with van der Waals surface area (Å²) >= 11 is -1.96. The molecule has 0 heterocycles. The van der Waals surface area contributed by atoms with Crippen molar-refractivity contribution in [3.63, 3.8) is 0 Å². The van der Waals surface area contributed by atoms with Crippen LogP contribution < -0.4 is 0 Å². The number of hydrogen-bond acceptors (Lipinski definition) is 1. The summed E-state index contributed by atoms with van der Waals surface area (Å²) in [6, 6.07) is 0. The van der Waals surface area contributed by atoms with Gasteiger partial charge in [0.2, 0.25) is 0 Å². The number of hydrogen-bond donors (Lipinski definition) is 1. The van der Waals surface area contributed by atoms with Crippen molar-refractivity contribution in [2.45, 2.75) is 6.42 Å². The standard InChI is InChI=1S/C4H6F2O2S/c5-4(6)2-1-3-9(7)8/h2H,1,3H2,(H,7,8). The zero-order chi connectivity index (χ0) is 7.28. The zero-order valence-corrected chi connectivity index (χ0v) is 5.33. The molecule has 0 amide bonds. The molecule has 0 saturated carbocycles. The second-order valence-electron chi connectivity index (χ2n) is 1.31. The minimum atomic E-state index is -1.96. The quantitative estimate of drug-likeness (QED) is 0.627. The van der Waals surface area contributed by atoms with E-state index in [1.165, 1.54) is 0 Å². The average Bonchev–Trinajstić information content (AvgIpc) is 1.63. The van der Waals surface area contributed by atoms with Crippen LogP contribution in [0, 0.1) is 0 Å². The Balaban J connectivity index is 3.31. The number of allylic oxidation sites excluding steroid dienone is 1. The largest absolute Gasteiger partial charge is 0.306 e. The van der Waals surface area contributed by atoms with Crippen LogP contribution in [-0.2, 0) is 11.1 Å². The second-order valence-corrected chi connectivity index (χ2v) is 2.36. The van der Waals surface area contributed by atoms with Crippen LogP contribution in [0.1, 0.15) is 6.42 Å². The third-order valence-corrected chi connectivity index (χ3v) is 1.18. The van der Waals surface area contributed by atoms with E-state index in [9.17, 15) is 13.0 Å². The first kappa shape index (κ1) is 8.71. The summed E-state index contributed by atoms with van der Waals surface area (Å²) in [5.41, 5.74) is 0. The summed E-state index contributed by atoms with van der Waals surface area (Å²) in [7, 11) is 0. The third kappa shape index (κ3) is 7.71. The Kier molecular flexibility index (Phi) is 4.43. The first-order valence-electron chi connectivity index (χ1n) is 2.21. The highest BCUT2D eigenvalue weighted by Gasteiger charge is 1.91. The molecule has 0 aliphatic carbocycles. The van der Waals surface area contributed by atoms with Crippen LogP contribution in [0.3, 0.4) is 0 Å².